The van der Waals surface area contributed by atoms with Crippen molar-refractivity contribution in [1.82, 2.24) is 0 Å². The smallest absolute Gasteiger partial charge is 0.248 e. The van der Waals surface area contributed by atoms with Gasteiger partial charge in [0.1, 0.15) is 0 Å². The van der Waals surface area contributed by atoms with E-state index in [9.17, 15) is 4.79 Å². The van der Waals surface area contributed by atoms with Gasteiger partial charge in [-0.25, -0.2) is 0 Å². The number of para-hydroxylation sites is 1. The second kappa shape index (κ2) is 8.84. The Morgan fingerprint density at radius 2 is 1.35 bits per heavy atom. The van der Waals surface area contributed by atoms with Crippen LogP contribution in [0.15, 0.2) is 48.5 Å². The Labute approximate surface area is 158 Å². The second-order valence-corrected chi connectivity index (χ2v) is 7.76. The summed E-state index contributed by atoms with van der Waals surface area (Å²) in [7, 11) is 0. The summed E-state index contributed by atoms with van der Waals surface area (Å²) in [4.78, 5) is 12.5. The largest absolute Gasteiger partial charge is 0.322 e. The minimum Gasteiger partial charge on any atom is -0.322 e. The first kappa shape index (κ1) is 20.0. The standard InChI is InChI=1S/C24H31NO/c1-16(2)20-13-10-19(11-14-20)12-15-23(26)25-24-21(17(3)4)8-7-9-22(24)18(5)6/h7-18H,1-6H3,(H,25,26)/b15-12+. The number of rotatable bonds is 6. The molecule has 26 heavy (non-hydrogen) atoms. The molecule has 0 aliphatic heterocycles. The van der Waals surface area contributed by atoms with E-state index in [0.717, 1.165) is 11.3 Å². The quantitative estimate of drug-likeness (QED) is 0.577. The Hall–Kier alpha value is -2.35. The SMILES string of the molecule is CC(C)c1ccc(/C=C/C(=O)Nc2c(C(C)C)cccc2C(C)C)cc1. The predicted molar refractivity (Wildman–Crippen MR) is 113 cm³/mol. The van der Waals surface area contributed by atoms with Crippen molar-refractivity contribution < 1.29 is 4.79 Å². The van der Waals surface area contributed by atoms with E-state index in [1.165, 1.54) is 16.7 Å². The summed E-state index contributed by atoms with van der Waals surface area (Å²) < 4.78 is 0. The van der Waals surface area contributed by atoms with Gasteiger partial charge in [0.2, 0.25) is 5.91 Å². The van der Waals surface area contributed by atoms with Crippen molar-refractivity contribution in [1.29, 1.82) is 0 Å². The number of hydrogen-bond donors (Lipinski definition) is 1. The third-order valence-corrected chi connectivity index (χ3v) is 4.65. The molecule has 0 fully saturated rings. The van der Waals surface area contributed by atoms with Crippen molar-refractivity contribution in [3.8, 4) is 0 Å². The monoisotopic (exact) mass is 349 g/mol. The van der Waals surface area contributed by atoms with E-state index in [0.29, 0.717) is 17.8 Å². The molecule has 0 heterocycles. The third-order valence-electron chi connectivity index (χ3n) is 4.65. The van der Waals surface area contributed by atoms with Crippen molar-refractivity contribution in [2.45, 2.75) is 59.3 Å². The fraction of sp³-hybridized carbons (Fsp3) is 0.375. The molecule has 0 aliphatic carbocycles. The Bertz CT molecular complexity index is 741. The first-order valence-electron chi connectivity index (χ1n) is 9.51. The van der Waals surface area contributed by atoms with Gasteiger partial charge in [-0.3, -0.25) is 4.79 Å². The molecule has 2 aromatic rings. The van der Waals surface area contributed by atoms with E-state index in [1.807, 2.05) is 6.08 Å². The van der Waals surface area contributed by atoms with Gasteiger partial charge in [-0.1, -0.05) is 84.0 Å². The van der Waals surface area contributed by atoms with Crippen molar-refractivity contribution in [2.24, 2.45) is 0 Å². The van der Waals surface area contributed by atoms with Gasteiger partial charge in [0.15, 0.2) is 0 Å². The number of carbonyl (C=O) groups is 1. The molecule has 138 valence electrons. The molecule has 0 atom stereocenters. The van der Waals surface area contributed by atoms with Crippen LogP contribution in [0, 0.1) is 0 Å². The topological polar surface area (TPSA) is 29.1 Å². The Balaban J connectivity index is 2.19. The molecule has 0 spiro atoms. The highest BCUT2D eigenvalue weighted by Crippen LogP contribution is 2.32. The number of amides is 1. The lowest BCUT2D eigenvalue weighted by atomic mass is 9.92. The van der Waals surface area contributed by atoms with Crippen LogP contribution in [-0.4, -0.2) is 5.91 Å². The Morgan fingerprint density at radius 3 is 1.81 bits per heavy atom. The molecule has 0 bridgehead atoms. The lowest BCUT2D eigenvalue weighted by Crippen LogP contribution is -2.13. The fourth-order valence-electron chi connectivity index (χ4n) is 3.02. The number of carbonyl (C=O) groups excluding carboxylic acids is 1. The van der Waals surface area contributed by atoms with E-state index in [4.69, 9.17) is 0 Å². The van der Waals surface area contributed by atoms with Crippen LogP contribution >= 0.6 is 0 Å². The van der Waals surface area contributed by atoms with Gasteiger partial charge in [0, 0.05) is 11.8 Å². The molecule has 0 aliphatic rings. The van der Waals surface area contributed by atoms with Gasteiger partial charge in [0.25, 0.3) is 0 Å². The van der Waals surface area contributed by atoms with Crippen LogP contribution in [-0.2, 0) is 4.79 Å². The van der Waals surface area contributed by atoms with E-state index < -0.39 is 0 Å². The van der Waals surface area contributed by atoms with Crippen LogP contribution in [0.4, 0.5) is 5.69 Å². The number of hydrogen-bond acceptors (Lipinski definition) is 1. The number of anilines is 1. The molecule has 0 unspecified atom stereocenters. The van der Waals surface area contributed by atoms with Crippen LogP contribution in [0.2, 0.25) is 0 Å². The minimum absolute atomic E-state index is 0.0899. The molecule has 0 radical (unpaired) electrons. The van der Waals surface area contributed by atoms with Crippen LogP contribution in [0.25, 0.3) is 6.08 Å². The average Bonchev–Trinajstić information content (AvgIpc) is 2.60. The van der Waals surface area contributed by atoms with E-state index in [2.05, 4.69) is 89.3 Å². The lowest BCUT2D eigenvalue weighted by molar-refractivity contribution is -0.111. The molecule has 1 N–H and O–H groups in total. The summed E-state index contributed by atoms with van der Waals surface area (Å²) in [6, 6.07) is 14.6. The van der Waals surface area contributed by atoms with Crippen LogP contribution in [0.1, 0.15) is 81.5 Å². The molecule has 2 heteroatoms. The van der Waals surface area contributed by atoms with Gasteiger partial charge < -0.3 is 5.32 Å². The molecule has 0 saturated heterocycles. The predicted octanol–water partition coefficient (Wildman–Crippen LogP) is 6.71. The van der Waals surface area contributed by atoms with Crippen LogP contribution in [0.3, 0.4) is 0 Å². The highest BCUT2D eigenvalue weighted by molar-refractivity contribution is 6.03. The fourth-order valence-corrected chi connectivity index (χ4v) is 3.02. The summed E-state index contributed by atoms with van der Waals surface area (Å²) in [6.07, 6.45) is 3.48. The van der Waals surface area contributed by atoms with Crippen molar-refractivity contribution in [3.05, 3.63) is 70.8 Å². The maximum Gasteiger partial charge on any atom is 0.248 e. The zero-order valence-electron chi connectivity index (χ0n) is 16.8. The van der Waals surface area contributed by atoms with Gasteiger partial charge in [-0.05, 0) is 46.1 Å². The average molecular weight is 350 g/mol. The molecule has 1 amide bonds. The molecular formula is C24H31NO. The zero-order valence-corrected chi connectivity index (χ0v) is 16.8. The summed E-state index contributed by atoms with van der Waals surface area (Å²) in [5, 5.41) is 3.12. The van der Waals surface area contributed by atoms with Gasteiger partial charge in [-0.15, -0.1) is 0 Å². The lowest BCUT2D eigenvalue weighted by Gasteiger charge is -2.19. The maximum absolute atomic E-state index is 12.5. The molecule has 2 rings (SSSR count). The van der Waals surface area contributed by atoms with E-state index >= 15 is 0 Å². The van der Waals surface area contributed by atoms with Gasteiger partial charge in [-0.2, -0.15) is 0 Å². The molecule has 2 nitrogen and oxygen atoms in total. The molecule has 0 aromatic heterocycles. The summed E-state index contributed by atoms with van der Waals surface area (Å²) >= 11 is 0. The first-order chi connectivity index (χ1) is 12.3. The third kappa shape index (κ3) is 5.08. The highest BCUT2D eigenvalue weighted by Gasteiger charge is 2.14. The Kier molecular flexibility index (Phi) is 6.79. The normalized spacial score (nSPS) is 11.7. The second-order valence-electron chi connectivity index (χ2n) is 7.76. The van der Waals surface area contributed by atoms with Crippen molar-refractivity contribution >= 4 is 17.7 Å². The number of benzene rings is 2. The van der Waals surface area contributed by atoms with Crippen molar-refractivity contribution in [2.75, 3.05) is 5.32 Å². The zero-order chi connectivity index (χ0) is 19.3. The summed E-state index contributed by atoms with van der Waals surface area (Å²) in [5.41, 5.74) is 5.66. The van der Waals surface area contributed by atoms with Crippen LogP contribution in [0.5, 0.6) is 0 Å². The minimum atomic E-state index is -0.0899. The highest BCUT2D eigenvalue weighted by atomic mass is 16.1. The molecular weight excluding hydrogens is 318 g/mol. The van der Waals surface area contributed by atoms with Crippen molar-refractivity contribution in [3.63, 3.8) is 0 Å². The summed E-state index contributed by atoms with van der Waals surface area (Å²) in [6.45, 7) is 13.0. The summed E-state index contributed by atoms with van der Waals surface area (Å²) in [5.74, 6) is 1.14. The first-order valence-corrected chi connectivity index (χ1v) is 9.51. The molecule has 2 aromatic carbocycles. The number of nitrogens with one attached hydrogen (secondary N) is 1. The van der Waals surface area contributed by atoms with E-state index in [-0.39, 0.29) is 5.91 Å². The van der Waals surface area contributed by atoms with Crippen LogP contribution < -0.4 is 5.32 Å². The van der Waals surface area contributed by atoms with E-state index in [1.54, 1.807) is 6.08 Å². The van der Waals surface area contributed by atoms with Gasteiger partial charge >= 0.3 is 0 Å². The Morgan fingerprint density at radius 1 is 0.808 bits per heavy atom. The van der Waals surface area contributed by atoms with Gasteiger partial charge in [0.05, 0.1) is 0 Å². The molecule has 0 saturated carbocycles. The maximum atomic E-state index is 12.5.